The Labute approximate surface area is 195 Å². The minimum atomic E-state index is -0.824. The molecule has 8 heteroatoms. The summed E-state index contributed by atoms with van der Waals surface area (Å²) in [4.78, 5) is 25.7. The molecular weight excluding hydrogens is 449 g/mol. The van der Waals surface area contributed by atoms with Crippen LogP contribution in [0.25, 0.3) is 0 Å². The average molecular weight is 469 g/mol. The van der Waals surface area contributed by atoms with Gasteiger partial charge in [-0.2, -0.15) is 0 Å². The van der Waals surface area contributed by atoms with Crippen molar-refractivity contribution in [2.75, 3.05) is 7.11 Å². The van der Waals surface area contributed by atoms with Gasteiger partial charge >= 0.3 is 5.91 Å². The first-order valence-corrected chi connectivity index (χ1v) is 10.6. The smallest absolute Gasteiger partial charge is 0.304 e. The lowest BCUT2D eigenvalue weighted by Crippen LogP contribution is -2.42. The normalized spacial score (nSPS) is 19.0. The number of hydrogen-bond acceptors (Lipinski definition) is 3. The summed E-state index contributed by atoms with van der Waals surface area (Å²) < 4.78 is 6.94. The lowest BCUT2D eigenvalue weighted by molar-refractivity contribution is -0.596. The maximum atomic E-state index is 12.9. The number of rotatable bonds is 5. The fourth-order valence-electron chi connectivity index (χ4n) is 3.52. The number of halogens is 2. The monoisotopic (exact) mass is 468 g/mol. The van der Waals surface area contributed by atoms with Gasteiger partial charge in [0.1, 0.15) is 5.75 Å². The number of hydrogen-bond donors (Lipinski definition) is 2. The summed E-state index contributed by atoms with van der Waals surface area (Å²) in [7, 11) is 1.59. The van der Waals surface area contributed by atoms with Crippen LogP contribution in [0.15, 0.2) is 72.8 Å². The maximum Gasteiger partial charge on any atom is 0.304 e. The third-order valence-electron chi connectivity index (χ3n) is 5.15. The summed E-state index contributed by atoms with van der Waals surface area (Å²) in [5.74, 6) is 0.00743. The first kappa shape index (κ1) is 21.9. The van der Waals surface area contributed by atoms with Crippen LogP contribution in [0.4, 0.5) is 0 Å². The number of carbonyl (C=O) groups excluding carboxylic acids is 2. The molecule has 2 N–H and O–H groups in total. The second kappa shape index (κ2) is 9.42. The van der Waals surface area contributed by atoms with Gasteiger partial charge in [0, 0.05) is 26.7 Å². The number of hydrazone groups is 1. The van der Waals surface area contributed by atoms with E-state index in [0.717, 1.165) is 11.1 Å². The Bertz CT molecular complexity index is 1160. The highest BCUT2D eigenvalue weighted by Crippen LogP contribution is 2.27. The summed E-state index contributed by atoms with van der Waals surface area (Å²) in [5, 5.41) is 4.00. The molecule has 6 nitrogen and oxygen atoms in total. The highest BCUT2D eigenvalue weighted by molar-refractivity contribution is 6.31. The van der Waals surface area contributed by atoms with Gasteiger partial charge in [-0.05, 0) is 72.8 Å². The highest BCUT2D eigenvalue weighted by atomic mass is 35.5. The lowest BCUT2D eigenvalue weighted by atomic mass is 9.99. The minimum absolute atomic E-state index is 0.321. The van der Waals surface area contributed by atoms with Crippen molar-refractivity contribution in [3.8, 4) is 5.75 Å². The summed E-state index contributed by atoms with van der Waals surface area (Å²) >= 11 is 11.9. The second-order valence-electron chi connectivity index (χ2n) is 7.24. The van der Waals surface area contributed by atoms with Crippen LogP contribution in [0.2, 0.25) is 10.0 Å². The van der Waals surface area contributed by atoms with Crippen molar-refractivity contribution >= 4 is 41.2 Å². The van der Waals surface area contributed by atoms with Gasteiger partial charge in [-0.1, -0.05) is 23.2 Å². The molecule has 0 aliphatic carbocycles. The van der Waals surface area contributed by atoms with E-state index in [1.54, 1.807) is 54.4 Å². The summed E-state index contributed by atoms with van der Waals surface area (Å²) in [6.45, 7) is 0. The number of benzene rings is 3. The molecule has 2 amide bonds. The van der Waals surface area contributed by atoms with Crippen molar-refractivity contribution in [2.24, 2.45) is 0 Å². The van der Waals surface area contributed by atoms with E-state index in [0.29, 0.717) is 21.4 Å². The topological polar surface area (TPSA) is 70.4 Å². The van der Waals surface area contributed by atoms with Gasteiger partial charge < -0.3 is 10.1 Å². The Morgan fingerprint density at radius 2 is 1.56 bits per heavy atom. The predicted octanol–water partition coefficient (Wildman–Crippen LogP) is 4.02. The van der Waals surface area contributed by atoms with E-state index in [1.807, 2.05) is 36.4 Å². The van der Waals surface area contributed by atoms with E-state index < -0.39 is 12.1 Å². The van der Waals surface area contributed by atoms with Crippen LogP contribution in [0.5, 0.6) is 5.75 Å². The Hall–Kier alpha value is -3.35. The van der Waals surface area contributed by atoms with Gasteiger partial charge in [-0.3, -0.25) is 9.59 Å². The molecule has 32 heavy (non-hydrogen) atoms. The zero-order chi connectivity index (χ0) is 22.7. The van der Waals surface area contributed by atoms with E-state index in [4.69, 9.17) is 27.9 Å². The molecule has 2 atom stereocenters. The molecule has 162 valence electrons. The van der Waals surface area contributed by atoms with E-state index in [9.17, 15) is 9.59 Å². The molecule has 0 radical (unpaired) electrons. The van der Waals surface area contributed by atoms with Gasteiger partial charge in [0.25, 0.3) is 5.91 Å². The maximum absolute atomic E-state index is 12.9. The van der Waals surface area contributed by atoms with Crippen molar-refractivity contribution in [1.82, 2.24) is 10.7 Å². The zero-order valence-electron chi connectivity index (χ0n) is 17.1. The molecule has 0 aromatic heterocycles. The van der Waals surface area contributed by atoms with Crippen LogP contribution in [0.3, 0.4) is 0 Å². The van der Waals surface area contributed by atoms with Crippen molar-refractivity contribution in [3.63, 3.8) is 0 Å². The molecule has 1 aliphatic rings. The Morgan fingerprint density at radius 1 is 0.969 bits per heavy atom. The molecule has 1 saturated heterocycles. The summed E-state index contributed by atoms with van der Waals surface area (Å²) in [6, 6.07) is 19.8. The molecule has 1 aliphatic heterocycles. The number of nitrogens with zero attached hydrogens (tertiary/aromatic N) is 1. The van der Waals surface area contributed by atoms with Crippen molar-refractivity contribution in [1.29, 1.82) is 0 Å². The quantitative estimate of drug-likeness (QED) is 0.555. The van der Waals surface area contributed by atoms with Gasteiger partial charge in [0.15, 0.2) is 6.04 Å². The van der Waals surface area contributed by atoms with Crippen LogP contribution in [0.1, 0.15) is 27.5 Å². The molecule has 0 saturated carbocycles. The zero-order valence-corrected chi connectivity index (χ0v) is 18.6. The highest BCUT2D eigenvalue weighted by Gasteiger charge is 2.47. The SMILES string of the molecule is COc1ccc([C@H]2[C@H](NC(=O)c3ccc(Cl)cc3)C(=O)N/[N+]2=C\c2ccc(Cl)cc2)cc1. The molecule has 3 aromatic rings. The second-order valence-corrected chi connectivity index (χ2v) is 8.11. The third-order valence-corrected chi connectivity index (χ3v) is 5.65. The van der Waals surface area contributed by atoms with Gasteiger partial charge in [0.2, 0.25) is 12.3 Å². The average Bonchev–Trinajstić information content (AvgIpc) is 3.10. The molecule has 4 rings (SSSR count). The predicted molar refractivity (Wildman–Crippen MR) is 123 cm³/mol. The minimum Gasteiger partial charge on any atom is -0.497 e. The summed E-state index contributed by atoms with van der Waals surface area (Å²) in [6.07, 6.45) is 1.80. The number of hydrazine groups is 1. The van der Waals surface area contributed by atoms with Crippen molar-refractivity contribution < 1.29 is 19.0 Å². The van der Waals surface area contributed by atoms with E-state index in [-0.39, 0.29) is 11.8 Å². The Kier molecular flexibility index (Phi) is 6.44. The largest absolute Gasteiger partial charge is 0.497 e. The fraction of sp³-hybridized carbons (Fsp3) is 0.125. The van der Waals surface area contributed by atoms with Crippen LogP contribution in [0, 0.1) is 0 Å². The molecule has 0 bridgehead atoms. The standard InChI is InChI=1S/C24H19Cl2N3O3/c1-32-20-12-6-16(7-13-20)22-21(27-23(30)17-4-10-19(26)11-5-17)24(31)28-29(22)14-15-2-8-18(25)9-3-15/h2-14,21-22H,1H3,(H-,27,28,30,31)/p+1/b29-14-/t21-,22-/m0/s1. The molecule has 1 fully saturated rings. The fourth-order valence-corrected chi connectivity index (χ4v) is 3.77. The number of amides is 2. The molecule has 3 aromatic carbocycles. The molecular formula is C24H20Cl2N3O3+. The van der Waals surface area contributed by atoms with Gasteiger partial charge in [-0.15, -0.1) is 10.1 Å². The molecule has 0 unspecified atom stereocenters. The van der Waals surface area contributed by atoms with E-state index in [1.165, 1.54) is 0 Å². The van der Waals surface area contributed by atoms with Gasteiger partial charge in [-0.25, -0.2) is 0 Å². The lowest BCUT2D eigenvalue weighted by Gasteiger charge is -2.15. The van der Waals surface area contributed by atoms with Crippen LogP contribution in [-0.2, 0) is 4.79 Å². The number of nitrogens with one attached hydrogen (secondary N) is 2. The number of carbonyl (C=O) groups is 2. The van der Waals surface area contributed by atoms with Gasteiger partial charge in [0.05, 0.1) is 7.11 Å². The van der Waals surface area contributed by atoms with Crippen molar-refractivity contribution in [3.05, 3.63) is 99.5 Å². The van der Waals surface area contributed by atoms with E-state index in [2.05, 4.69) is 10.7 Å². The number of ether oxygens (including phenoxy) is 1. The van der Waals surface area contributed by atoms with Crippen molar-refractivity contribution in [2.45, 2.75) is 12.1 Å². The Morgan fingerprint density at radius 3 is 2.16 bits per heavy atom. The number of methoxy groups -OCH3 is 1. The van der Waals surface area contributed by atoms with Crippen LogP contribution < -0.4 is 15.5 Å². The third kappa shape index (κ3) is 4.77. The van der Waals surface area contributed by atoms with Crippen LogP contribution in [-0.4, -0.2) is 35.9 Å². The van der Waals surface area contributed by atoms with E-state index >= 15 is 0 Å². The molecule has 0 spiro atoms. The first-order valence-electron chi connectivity index (χ1n) is 9.84. The Balaban J connectivity index is 1.69. The molecule has 1 heterocycles. The summed E-state index contributed by atoms with van der Waals surface area (Å²) in [5.41, 5.74) is 4.94. The first-order chi connectivity index (χ1) is 15.4. The van der Waals surface area contributed by atoms with Crippen LogP contribution >= 0.6 is 23.2 Å².